The molecule has 0 unspecified atom stereocenters. The van der Waals surface area contributed by atoms with Crippen LogP contribution < -0.4 is 0 Å². The highest BCUT2D eigenvalue weighted by Gasteiger charge is 2.46. The largest absolute Gasteiger partial charge is 0.481 e. The molecule has 0 radical (unpaired) electrons. The summed E-state index contributed by atoms with van der Waals surface area (Å²) in [7, 11) is 0. The highest BCUT2D eigenvalue weighted by molar-refractivity contribution is 7.09. The molecule has 4 nitrogen and oxygen atoms in total. The second-order valence-electron chi connectivity index (χ2n) is 3.81. The van der Waals surface area contributed by atoms with Gasteiger partial charge in [-0.25, -0.2) is 0 Å². The summed E-state index contributed by atoms with van der Waals surface area (Å²) in [6.07, 6.45) is 2.97. The van der Waals surface area contributed by atoms with Crippen LogP contribution in [-0.4, -0.2) is 26.8 Å². The summed E-state index contributed by atoms with van der Waals surface area (Å²) < 4.78 is 0. The molecule has 0 spiro atoms. The van der Waals surface area contributed by atoms with E-state index in [-0.39, 0.29) is 5.92 Å². The highest BCUT2D eigenvalue weighted by atomic mass is 32.1. The number of hydrogen-bond donors (Lipinski definition) is 2. The number of carbonyl (C=O) groups is 1. The van der Waals surface area contributed by atoms with Gasteiger partial charge in [0.1, 0.15) is 0 Å². The quantitative estimate of drug-likeness (QED) is 0.783. The fourth-order valence-corrected chi connectivity index (χ4v) is 2.56. The lowest BCUT2D eigenvalue weighted by molar-refractivity contribution is -0.157. The van der Waals surface area contributed by atoms with E-state index < -0.39 is 11.6 Å². The predicted octanol–water partition coefficient (Wildman–Crippen LogP) is 0.911. The summed E-state index contributed by atoms with van der Waals surface area (Å²) in [4.78, 5) is 15.5. The van der Waals surface area contributed by atoms with Crippen LogP contribution in [0.3, 0.4) is 0 Å². The first kappa shape index (κ1) is 9.61. The Morgan fingerprint density at radius 1 is 1.71 bits per heavy atom. The summed E-state index contributed by atoms with van der Waals surface area (Å²) in [6, 6.07) is 0. The molecule has 0 atom stereocenters. The van der Waals surface area contributed by atoms with Gasteiger partial charge < -0.3 is 10.2 Å². The maximum absolute atomic E-state index is 10.6. The van der Waals surface area contributed by atoms with E-state index in [4.69, 9.17) is 5.11 Å². The molecule has 76 valence electrons. The Labute approximate surface area is 85.2 Å². The summed E-state index contributed by atoms with van der Waals surface area (Å²) >= 11 is 1.49. The fraction of sp³-hybridized carbons (Fsp3) is 0.556. The number of aliphatic hydroxyl groups is 1. The maximum Gasteiger partial charge on any atom is 0.306 e. The SMILES string of the molecule is O=C(O)C1CC(O)(Cc2cncs2)C1. The topological polar surface area (TPSA) is 70.4 Å². The Kier molecular flexibility index (Phi) is 2.28. The Bertz CT molecular complexity index is 330. The molecule has 1 aliphatic rings. The number of thiazole rings is 1. The van der Waals surface area contributed by atoms with Crippen molar-refractivity contribution in [2.75, 3.05) is 0 Å². The molecule has 1 aromatic rings. The van der Waals surface area contributed by atoms with E-state index in [1.165, 1.54) is 11.3 Å². The van der Waals surface area contributed by atoms with Gasteiger partial charge in [-0.3, -0.25) is 9.78 Å². The number of rotatable bonds is 3. The third kappa shape index (κ3) is 1.78. The van der Waals surface area contributed by atoms with Gasteiger partial charge >= 0.3 is 5.97 Å². The van der Waals surface area contributed by atoms with Gasteiger partial charge in [0.15, 0.2) is 0 Å². The second kappa shape index (κ2) is 3.33. The first-order chi connectivity index (χ1) is 6.59. The number of carboxylic acids is 1. The van der Waals surface area contributed by atoms with Crippen molar-refractivity contribution in [3.05, 3.63) is 16.6 Å². The van der Waals surface area contributed by atoms with Crippen LogP contribution in [0.2, 0.25) is 0 Å². The zero-order valence-corrected chi connectivity index (χ0v) is 8.33. The van der Waals surface area contributed by atoms with Gasteiger partial charge in [0.05, 0.1) is 17.0 Å². The van der Waals surface area contributed by atoms with E-state index in [1.54, 1.807) is 11.7 Å². The van der Waals surface area contributed by atoms with Gasteiger partial charge in [0.2, 0.25) is 0 Å². The zero-order chi connectivity index (χ0) is 10.2. The molecule has 14 heavy (non-hydrogen) atoms. The molecule has 2 N–H and O–H groups in total. The van der Waals surface area contributed by atoms with Crippen molar-refractivity contribution >= 4 is 17.3 Å². The van der Waals surface area contributed by atoms with Gasteiger partial charge in [-0.1, -0.05) is 0 Å². The van der Waals surface area contributed by atoms with Crippen molar-refractivity contribution < 1.29 is 15.0 Å². The normalized spacial score (nSPS) is 31.1. The third-order valence-corrected chi connectivity index (χ3v) is 3.37. The molecule has 1 aliphatic carbocycles. The molecule has 1 heterocycles. The Balaban J connectivity index is 1.92. The van der Waals surface area contributed by atoms with E-state index >= 15 is 0 Å². The lowest BCUT2D eigenvalue weighted by atomic mass is 9.69. The van der Waals surface area contributed by atoms with E-state index in [0.29, 0.717) is 19.3 Å². The molecule has 1 aromatic heterocycles. The molecule has 0 saturated heterocycles. The zero-order valence-electron chi connectivity index (χ0n) is 7.51. The van der Waals surface area contributed by atoms with Gasteiger partial charge in [0.25, 0.3) is 0 Å². The number of carboxylic acid groups (broad SMARTS) is 1. The Morgan fingerprint density at radius 2 is 2.43 bits per heavy atom. The molecule has 5 heteroatoms. The minimum Gasteiger partial charge on any atom is -0.481 e. The van der Waals surface area contributed by atoms with E-state index in [9.17, 15) is 9.90 Å². The average Bonchev–Trinajstić information content (AvgIpc) is 2.51. The molecule has 1 saturated carbocycles. The fourth-order valence-electron chi connectivity index (χ4n) is 1.83. The molecule has 0 aliphatic heterocycles. The molecule has 0 amide bonds. The first-order valence-electron chi connectivity index (χ1n) is 4.42. The van der Waals surface area contributed by atoms with Crippen molar-refractivity contribution in [3.8, 4) is 0 Å². The van der Waals surface area contributed by atoms with Gasteiger partial charge in [0, 0.05) is 17.5 Å². The lowest BCUT2D eigenvalue weighted by Crippen LogP contribution is -2.48. The van der Waals surface area contributed by atoms with Crippen LogP contribution in [0.25, 0.3) is 0 Å². The van der Waals surface area contributed by atoms with Crippen molar-refractivity contribution in [2.24, 2.45) is 5.92 Å². The predicted molar refractivity (Wildman–Crippen MR) is 51.1 cm³/mol. The third-order valence-electron chi connectivity index (χ3n) is 2.59. The standard InChI is InChI=1S/C9H11NO3S/c11-8(12)6-1-9(13,2-6)3-7-4-10-5-14-7/h4-6,13H,1-3H2,(H,11,12). The van der Waals surface area contributed by atoms with Gasteiger partial charge in [-0.2, -0.15) is 0 Å². The molecule has 1 fully saturated rings. The van der Waals surface area contributed by atoms with Crippen LogP contribution in [0.5, 0.6) is 0 Å². The van der Waals surface area contributed by atoms with Crippen molar-refractivity contribution in [2.45, 2.75) is 24.9 Å². The first-order valence-corrected chi connectivity index (χ1v) is 5.30. The molecule has 0 bridgehead atoms. The monoisotopic (exact) mass is 213 g/mol. The van der Waals surface area contributed by atoms with Crippen LogP contribution in [0.1, 0.15) is 17.7 Å². The van der Waals surface area contributed by atoms with E-state index in [2.05, 4.69) is 4.98 Å². The summed E-state index contributed by atoms with van der Waals surface area (Å²) in [5, 5.41) is 18.6. The summed E-state index contributed by atoms with van der Waals surface area (Å²) in [6.45, 7) is 0. The molecular weight excluding hydrogens is 202 g/mol. The summed E-state index contributed by atoms with van der Waals surface area (Å²) in [5.41, 5.74) is 0.904. The molecular formula is C9H11NO3S. The number of aromatic nitrogens is 1. The van der Waals surface area contributed by atoms with Crippen LogP contribution in [0, 0.1) is 5.92 Å². The number of nitrogens with zero attached hydrogens (tertiary/aromatic N) is 1. The van der Waals surface area contributed by atoms with E-state index in [0.717, 1.165) is 4.88 Å². The highest BCUT2D eigenvalue weighted by Crippen LogP contribution is 2.40. The minimum absolute atomic E-state index is 0.361. The smallest absolute Gasteiger partial charge is 0.306 e. The van der Waals surface area contributed by atoms with Gasteiger partial charge in [-0.05, 0) is 12.8 Å². The van der Waals surface area contributed by atoms with Crippen LogP contribution in [-0.2, 0) is 11.2 Å². The average molecular weight is 213 g/mol. The molecule has 2 rings (SSSR count). The van der Waals surface area contributed by atoms with Crippen molar-refractivity contribution in [1.82, 2.24) is 4.98 Å². The number of hydrogen-bond acceptors (Lipinski definition) is 4. The second-order valence-corrected chi connectivity index (χ2v) is 4.78. The Hall–Kier alpha value is -0.940. The van der Waals surface area contributed by atoms with Gasteiger partial charge in [-0.15, -0.1) is 11.3 Å². The lowest BCUT2D eigenvalue weighted by Gasteiger charge is -2.41. The van der Waals surface area contributed by atoms with Crippen molar-refractivity contribution in [1.29, 1.82) is 0 Å². The summed E-state index contributed by atoms with van der Waals surface area (Å²) in [5.74, 6) is -1.17. The van der Waals surface area contributed by atoms with E-state index in [1.807, 2.05) is 0 Å². The van der Waals surface area contributed by atoms with Crippen LogP contribution >= 0.6 is 11.3 Å². The maximum atomic E-state index is 10.6. The van der Waals surface area contributed by atoms with Crippen LogP contribution in [0.15, 0.2) is 11.7 Å². The molecule has 0 aromatic carbocycles. The van der Waals surface area contributed by atoms with Crippen molar-refractivity contribution in [3.63, 3.8) is 0 Å². The van der Waals surface area contributed by atoms with Crippen LogP contribution in [0.4, 0.5) is 0 Å². The number of aliphatic carboxylic acids is 1. The Morgan fingerprint density at radius 3 is 2.93 bits per heavy atom. The minimum atomic E-state index is -0.810.